The number of hydrogen-bond donors (Lipinski definition) is 1. The number of carbonyl (C=O) groups is 1. The summed E-state index contributed by atoms with van der Waals surface area (Å²) < 4.78 is 37.3. The second-order valence-electron chi connectivity index (χ2n) is 7.43. The van der Waals surface area contributed by atoms with Gasteiger partial charge in [0.15, 0.2) is 6.61 Å². The Morgan fingerprint density at radius 1 is 1.14 bits per heavy atom. The number of amides is 1. The monoisotopic (exact) mass is 421 g/mol. The highest BCUT2D eigenvalue weighted by Crippen LogP contribution is 2.26. The molecule has 29 heavy (non-hydrogen) atoms. The molecule has 0 bridgehead atoms. The van der Waals surface area contributed by atoms with Gasteiger partial charge in [0.25, 0.3) is 5.91 Å². The summed E-state index contributed by atoms with van der Waals surface area (Å²) >= 11 is 0. The van der Waals surface area contributed by atoms with Crippen molar-refractivity contribution in [2.45, 2.75) is 49.0 Å². The van der Waals surface area contributed by atoms with E-state index in [9.17, 15) is 18.5 Å². The number of benzene rings is 1. The molecule has 2 aliphatic rings. The van der Waals surface area contributed by atoms with Gasteiger partial charge in [-0.2, -0.15) is 9.57 Å². The van der Waals surface area contributed by atoms with Crippen LogP contribution in [0, 0.1) is 11.3 Å². The molecule has 3 rings (SSSR count). The maximum Gasteiger partial charge on any atom is 0.259 e. The highest BCUT2D eigenvalue weighted by Gasteiger charge is 2.32. The number of ether oxygens (including phenoxy) is 2. The summed E-state index contributed by atoms with van der Waals surface area (Å²) in [5.41, 5.74) is -0.812. The fourth-order valence-electron chi connectivity index (χ4n) is 3.69. The first kappa shape index (κ1) is 21.6. The first-order chi connectivity index (χ1) is 14.0. The van der Waals surface area contributed by atoms with Crippen molar-refractivity contribution >= 4 is 15.9 Å². The van der Waals surface area contributed by atoms with Crippen molar-refractivity contribution in [3.8, 4) is 11.8 Å². The Balaban J connectivity index is 1.56. The molecule has 1 aromatic rings. The molecule has 1 aliphatic carbocycles. The molecular formula is C20H27N3O5S. The second-order valence-corrected chi connectivity index (χ2v) is 9.37. The molecule has 1 amide bonds. The van der Waals surface area contributed by atoms with Crippen LogP contribution < -0.4 is 10.1 Å². The zero-order valence-corrected chi connectivity index (χ0v) is 17.2. The number of nitrogens with zero attached hydrogens (tertiary/aromatic N) is 2. The lowest BCUT2D eigenvalue weighted by molar-refractivity contribution is -0.124. The largest absolute Gasteiger partial charge is 0.484 e. The number of morpholine rings is 1. The molecular weight excluding hydrogens is 394 g/mol. The van der Waals surface area contributed by atoms with E-state index in [1.54, 1.807) is 0 Å². The van der Waals surface area contributed by atoms with Crippen LogP contribution in [-0.4, -0.2) is 57.1 Å². The Bertz CT molecular complexity index is 834. The standard InChI is InChI=1S/C20H27N3O5S/c21-16-20(9-3-1-2-4-10-20)22-19(24)15-28-17-5-7-18(8-6-17)29(25,26)23-11-13-27-14-12-23/h5-8H,1-4,9-15H2,(H,22,24). The molecule has 1 N–H and O–H groups in total. The first-order valence-corrected chi connectivity index (χ1v) is 11.4. The molecule has 9 heteroatoms. The Labute approximate surface area is 171 Å². The van der Waals surface area contributed by atoms with Crippen molar-refractivity contribution < 1.29 is 22.7 Å². The summed E-state index contributed by atoms with van der Waals surface area (Å²) in [5, 5.41) is 12.4. The molecule has 0 unspecified atom stereocenters. The van der Waals surface area contributed by atoms with Crippen molar-refractivity contribution in [3.63, 3.8) is 0 Å². The van der Waals surface area contributed by atoms with E-state index in [0.717, 1.165) is 25.7 Å². The van der Waals surface area contributed by atoms with Crippen LogP contribution in [0.4, 0.5) is 0 Å². The number of hydrogen-bond acceptors (Lipinski definition) is 6. The molecule has 0 aromatic heterocycles. The number of carbonyl (C=O) groups excluding carboxylic acids is 1. The maximum atomic E-state index is 12.6. The van der Waals surface area contributed by atoms with Gasteiger partial charge in [0.1, 0.15) is 11.3 Å². The van der Waals surface area contributed by atoms with E-state index >= 15 is 0 Å². The summed E-state index contributed by atoms with van der Waals surface area (Å²) in [5.74, 6) is 0.0476. The number of rotatable bonds is 6. The molecule has 0 atom stereocenters. The van der Waals surface area contributed by atoms with Gasteiger partial charge in [-0.05, 0) is 37.1 Å². The lowest BCUT2D eigenvalue weighted by Crippen LogP contribution is -2.48. The summed E-state index contributed by atoms with van der Waals surface area (Å²) in [6, 6.07) is 8.29. The van der Waals surface area contributed by atoms with E-state index in [1.807, 2.05) is 0 Å². The zero-order chi connectivity index (χ0) is 20.7. The predicted molar refractivity (Wildman–Crippen MR) is 106 cm³/mol. The van der Waals surface area contributed by atoms with E-state index in [0.29, 0.717) is 44.9 Å². The lowest BCUT2D eigenvalue weighted by Gasteiger charge is -2.26. The van der Waals surface area contributed by atoms with Crippen LogP contribution in [0.25, 0.3) is 0 Å². The van der Waals surface area contributed by atoms with Gasteiger partial charge in [-0.3, -0.25) is 4.79 Å². The van der Waals surface area contributed by atoms with Crippen molar-refractivity contribution in [3.05, 3.63) is 24.3 Å². The molecule has 1 saturated carbocycles. The van der Waals surface area contributed by atoms with Gasteiger partial charge < -0.3 is 14.8 Å². The average Bonchev–Trinajstić information content (AvgIpc) is 2.99. The minimum Gasteiger partial charge on any atom is -0.484 e. The van der Waals surface area contributed by atoms with E-state index < -0.39 is 15.6 Å². The van der Waals surface area contributed by atoms with Crippen LogP contribution in [-0.2, 0) is 19.6 Å². The van der Waals surface area contributed by atoms with E-state index in [4.69, 9.17) is 9.47 Å². The van der Waals surface area contributed by atoms with Crippen molar-refractivity contribution in [2.75, 3.05) is 32.9 Å². The van der Waals surface area contributed by atoms with Crippen molar-refractivity contribution in [1.82, 2.24) is 9.62 Å². The van der Waals surface area contributed by atoms with Gasteiger partial charge in [0, 0.05) is 13.1 Å². The number of nitrogens with one attached hydrogen (secondary N) is 1. The van der Waals surface area contributed by atoms with E-state index in [2.05, 4.69) is 11.4 Å². The van der Waals surface area contributed by atoms with Gasteiger partial charge in [-0.15, -0.1) is 0 Å². The second kappa shape index (κ2) is 9.57. The van der Waals surface area contributed by atoms with Crippen LogP contribution in [0.3, 0.4) is 0 Å². The highest BCUT2D eigenvalue weighted by molar-refractivity contribution is 7.89. The Morgan fingerprint density at radius 2 is 1.76 bits per heavy atom. The molecule has 0 spiro atoms. The molecule has 2 fully saturated rings. The van der Waals surface area contributed by atoms with Crippen molar-refractivity contribution in [1.29, 1.82) is 5.26 Å². The van der Waals surface area contributed by atoms with Gasteiger partial charge in [-0.1, -0.05) is 25.7 Å². The third kappa shape index (κ3) is 5.47. The predicted octanol–water partition coefficient (Wildman–Crippen LogP) is 1.82. The minimum absolute atomic E-state index is 0.179. The van der Waals surface area contributed by atoms with Crippen LogP contribution in [0.15, 0.2) is 29.2 Å². The molecule has 1 heterocycles. The molecule has 1 aliphatic heterocycles. The maximum absolute atomic E-state index is 12.6. The average molecular weight is 422 g/mol. The molecule has 8 nitrogen and oxygen atoms in total. The summed E-state index contributed by atoms with van der Waals surface area (Å²) in [6.07, 6.45) is 5.32. The van der Waals surface area contributed by atoms with E-state index in [1.165, 1.54) is 28.6 Å². The summed E-state index contributed by atoms with van der Waals surface area (Å²) in [6.45, 7) is 1.22. The van der Waals surface area contributed by atoms with Gasteiger partial charge in [0.2, 0.25) is 10.0 Å². The first-order valence-electron chi connectivity index (χ1n) is 9.98. The smallest absolute Gasteiger partial charge is 0.259 e. The van der Waals surface area contributed by atoms with Crippen LogP contribution >= 0.6 is 0 Å². The third-order valence-corrected chi connectivity index (χ3v) is 7.26. The Morgan fingerprint density at radius 3 is 2.34 bits per heavy atom. The van der Waals surface area contributed by atoms with E-state index in [-0.39, 0.29) is 17.4 Å². The Hall–Kier alpha value is -2.15. The number of sulfonamides is 1. The molecule has 1 saturated heterocycles. The molecule has 0 radical (unpaired) electrons. The van der Waals surface area contributed by atoms with Crippen molar-refractivity contribution in [2.24, 2.45) is 0 Å². The van der Waals surface area contributed by atoms with Gasteiger partial charge >= 0.3 is 0 Å². The van der Waals surface area contributed by atoms with Gasteiger partial charge in [-0.25, -0.2) is 8.42 Å². The fraction of sp³-hybridized carbons (Fsp3) is 0.600. The minimum atomic E-state index is -3.56. The van der Waals surface area contributed by atoms with Crippen LogP contribution in [0.5, 0.6) is 5.75 Å². The fourth-order valence-corrected chi connectivity index (χ4v) is 5.10. The molecule has 1 aromatic carbocycles. The molecule has 158 valence electrons. The summed E-state index contributed by atoms with van der Waals surface area (Å²) in [4.78, 5) is 12.5. The van der Waals surface area contributed by atoms with Crippen LogP contribution in [0.1, 0.15) is 38.5 Å². The van der Waals surface area contributed by atoms with Crippen LogP contribution in [0.2, 0.25) is 0 Å². The Kier molecular flexibility index (Phi) is 7.11. The lowest BCUT2D eigenvalue weighted by atomic mass is 9.92. The highest BCUT2D eigenvalue weighted by atomic mass is 32.2. The quantitative estimate of drug-likeness (QED) is 0.702. The normalized spacial score (nSPS) is 20.2. The SMILES string of the molecule is N#CC1(NC(=O)COc2ccc(S(=O)(=O)N3CCOCC3)cc2)CCCCCC1. The summed E-state index contributed by atoms with van der Waals surface area (Å²) in [7, 11) is -3.56. The zero-order valence-electron chi connectivity index (χ0n) is 16.4. The third-order valence-electron chi connectivity index (χ3n) is 5.35. The number of nitriles is 1. The van der Waals surface area contributed by atoms with Gasteiger partial charge in [0.05, 0.1) is 24.2 Å². The topological polar surface area (TPSA) is 109 Å².